The molecule has 138 valence electrons. The Morgan fingerprint density at radius 1 is 1.19 bits per heavy atom. The molecule has 0 N–H and O–H groups in total. The third-order valence-electron chi connectivity index (χ3n) is 5.42. The van der Waals surface area contributed by atoms with Crippen LogP contribution in [0.3, 0.4) is 0 Å². The van der Waals surface area contributed by atoms with Gasteiger partial charge in [-0.3, -0.25) is 9.59 Å². The first-order valence-corrected chi connectivity index (χ1v) is 10.1. The van der Waals surface area contributed by atoms with Gasteiger partial charge in [0.15, 0.2) is 11.5 Å². The van der Waals surface area contributed by atoms with E-state index in [4.69, 9.17) is 4.52 Å². The van der Waals surface area contributed by atoms with Crippen molar-refractivity contribution in [1.29, 1.82) is 0 Å². The van der Waals surface area contributed by atoms with Crippen LogP contribution in [0.4, 0.5) is 0 Å². The van der Waals surface area contributed by atoms with E-state index < -0.39 is 0 Å². The summed E-state index contributed by atoms with van der Waals surface area (Å²) in [5, 5.41) is 5.10. The normalized spacial score (nSPS) is 18.0. The van der Waals surface area contributed by atoms with Crippen LogP contribution in [0.5, 0.6) is 0 Å². The van der Waals surface area contributed by atoms with Crippen molar-refractivity contribution < 1.29 is 14.1 Å². The molecule has 4 rings (SSSR count). The van der Waals surface area contributed by atoms with Crippen molar-refractivity contribution in [2.24, 2.45) is 0 Å². The van der Waals surface area contributed by atoms with Crippen molar-refractivity contribution in [2.45, 2.75) is 58.3 Å². The van der Waals surface area contributed by atoms with E-state index in [2.05, 4.69) is 10.1 Å². The Morgan fingerprint density at radius 2 is 1.92 bits per heavy atom. The van der Waals surface area contributed by atoms with Gasteiger partial charge in [-0.05, 0) is 39.0 Å². The van der Waals surface area contributed by atoms with Gasteiger partial charge in [-0.15, -0.1) is 11.3 Å². The molecule has 1 aliphatic carbocycles. The van der Waals surface area contributed by atoms with Crippen LogP contribution in [0.15, 0.2) is 4.52 Å². The number of carbonyl (C=O) groups excluding carboxylic acids is 2. The Balaban J connectivity index is 1.43. The van der Waals surface area contributed by atoms with Crippen molar-refractivity contribution in [3.8, 4) is 0 Å². The maximum atomic E-state index is 12.9. The Labute approximate surface area is 156 Å². The lowest BCUT2D eigenvalue weighted by Gasteiger charge is -2.30. The number of amides is 1. The number of aromatic nitrogens is 2. The number of Topliss-reactive ketones (excluding diaryl/α,β-unsaturated/α-hetero) is 1. The number of piperidine rings is 1. The summed E-state index contributed by atoms with van der Waals surface area (Å²) < 4.78 is 5.39. The van der Waals surface area contributed by atoms with Gasteiger partial charge >= 0.3 is 0 Å². The quantitative estimate of drug-likeness (QED) is 0.769. The second-order valence-electron chi connectivity index (χ2n) is 7.23. The Bertz CT molecular complexity index is 846. The van der Waals surface area contributed by atoms with E-state index in [1.165, 1.54) is 11.3 Å². The van der Waals surface area contributed by atoms with Crippen molar-refractivity contribution in [3.05, 3.63) is 32.6 Å². The van der Waals surface area contributed by atoms with Crippen molar-refractivity contribution in [3.63, 3.8) is 0 Å². The zero-order valence-electron chi connectivity index (χ0n) is 15.2. The van der Waals surface area contributed by atoms with Crippen molar-refractivity contribution in [1.82, 2.24) is 15.0 Å². The number of aryl methyl sites for hydroxylation is 2. The van der Waals surface area contributed by atoms with Crippen LogP contribution < -0.4 is 0 Å². The number of ketones is 1. The first-order valence-electron chi connectivity index (χ1n) is 9.29. The van der Waals surface area contributed by atoms with Crippen LogP contribution in [0.2, 0.25) is 0 Å². The first kappa shape index (κ1) is 17.4. The van der Waals surface area contributed by atoms with Gasteiger partial charge < -0.3 is 9.42 Å². The van der Waals surface area contributed by atoms with Crippen molar-refractivity contribution in [2.75, 3.05) is 13.1 Å². The number of nitrogens with zero attached hydrogens (tertiary/aromatic N) is 3. The fraction of sp³-hybridized carbons (Fsp3) is 0.579. The molecule has 1 fully saturated rings. The molecule has 26 heavy (non-hydrogen) atoms. The molecule has 0 unspecified atom stereocenters. The van der Waals surface area contributed by atoms with Crippen molar-refractivity contribution >= 4 is 23.0 Å². The second-order valence-corrected chi connectivity index (χ2v) is 8.26. The van der Waals surface area contributed by atoms with E-state index in [0.717, 1.165) is 65.4 Å². The molecule has 7 heteroatoms. The molecule has 2 aliphatic rings. The van der Waals surface area contributed by atoms with E-state index in [9.17, 15) is 9.59 Å². The molecule has 6 nitrogen and oxygen atoms in total. The molecular formula is C19H23N3O3S. The molecule has 0 atom stereocenters. The molecule has 0 spiro atoms. The summed E-state index contributed by atoms with van der Waals surface area (Å²) in [4.78, 5) is 31.8. The van der Waals surface area contributed by atoms with Gasteiger partial charge in [0.25, 0.3) is 5.91 Å². The number of fused-ring (bicyclic) bond motifs is 1. The van der Waals surface area contributed by atoms with Crippen LogP contribution in [-0.2, 0) is 12.8 Å². The highest BCUT2D eigenvalue weighted by Crippen LogP contribution is 2.33. The molecule has 1 aliphatic heterocycles. The average molecular weight is 373 g/mol. The van der Waals surface area contributed by atoms with Gasteiger partial charge in [0.2, 0.25) is 0 Å². The van der Waals surface area contributed by atoms with Crippen LogP contribution in [0, 0.1) is 6.92 Å². The molecule has 2 aromatic heterocycles. The van der Waals surface area contributed by atoms with Gasteiger partial charge in [0.1, 0.15) is 5.76 Å². The average Bonchev–Trinajstić information content (AvgIpc) is 3.25. The number of likely N-dealkylation sites (tertiary alicyclic amines) is 1. The Kier molecular flexibility index (Phi) is 4.65. The van der Waals surface area contributed by atoms with Gasteiger partial charge in [0, 0.05) is 37.9 Å². The minimum atomic E-state index is -0.00454. The molecule has 1 saturated heterocycles. The number of rotatable bonds is 3. The Morgan fingerprint density at radius 3 is 2.62 bits per heavy atom. The third-order valence-corrected chi connectivity index (χ3v) is 6.84. The summed E-state index contributed by atoms with van der Waals surface area (Å²) >= 11 is 1.51. The number of hydrogen-bond acceptors (Lipinski definition) is 6. The maximum absolute atomic E-state index is 12.9. The second kappa shape index (κ2) is 6.95. The summed E-state index contributed by atoms with van der Waals surface area (Å²) in [6.07, 6.45) is 5.73. The predicted octanol–water partition coefficient (Wildman–Crippen LogP) is 3.54. The van der Waals surface area contributed by atoms with E-state index in [1.54, 1.807) is 6.92 Å². The van der Waals surface area contributed by atoms with Crippen LogP contribution in [-0.4, -0.2) is 39.8 Å². The summed E-state index contributed by atoms with van der Waals surface area (Å²) in [7, 11) is 0. The zero-order chi connectivity index (χ0) is 18.3. The molecule has 0 radical (unpaired) electrons. The topological polar surface area (TPSA) is 76.3 Å². The highest BCUT2D eigenvalue weighted by atomic mass is 32.1. The lowest BCUT2D eigenvalue weighted by Crippen LogP contribution is -2.38. The summed E-state index contributed by atoms with van der Waals surface area (Å²) in [6, 6.07) is 0. The van der Waals surface area contributed by atoms with Gasteiger partial charge in [-0.25, -0.2) is 4.98 Å². The predicted molar refractivity (Wildman–Crippen MR) is 97.9 cm³/mol. The van der Waals surface area contributed by atoms with Crippen LogP contribution in [0.1, 0.15) is 80.7 Å². The Hall–Kier alpha value is -2.02. The fourth-order valence-electron chi connectivity index (χ4n) is 3.95. The summed E-state index contributed by atoms with van der Waals surface area (Å²) in [5.41, 5.74) is 2.36. The monoisotopic (exact) mass is 373 g/mol. The van der Waals surface area contributed by atoms with Gasteiger partial charge in [-0.2, -0.15) is 0 Å². The lowest BCUT2D eigenvalue weighted by molar-refractivity contribution is 0.0701. The number of carbonyl (C=O) groups is 2. The van der Waals surface area contributed by atoms with Crippen LogP contribution >= 0.6 is 11.3 Å². The minimum absolute atomic E-state index is 0.00454. The third kappa shape index (κ3) is 3.09. The summed E-state index contributed by atoms with van der Waals surface area (Å²) in [6.45, 7) is 4.87. The van der Waals surface area contributed by atoms with Gasteiger partial charge in [-0.1, -0.05) is 5.16 Å². The molecule has 0 bridgehead atoms. The highest BCUT2D eigenvalue weighted by molar-refractivity contribution is 7.13. The van der Waals surface area contributed by atoms with E-state index in [-0.39, 0.29) is 11.7 Å². The lowest BCUT2D eigenvalue weighted by atomic mass is 9.94. The minimum Gasteiger partial charge on any atom is -0.360 e. The molecule has 0 saturated carbocycles. The number of hydrogen-bond donors (Lipinski definition) is 0. The standard InChI is InChI=1S/C19H23N3O3S/c1-11-17(12(2)23)26-18(20-11)13-7-9-22(10-8-13)19(24)16-14-5-3-4-6-15(14)25-21-16/h13H,3-10H2,1-2H3. The highest BCUT2D eigenvalue weighted by Gasteiger charge is 2.31. The largest absolute Gasteiger partial charge is 0.360 e. The first-order chi connectivity index (χ1) is 12.5. The summed E-state index contributed by atoms with van der Waals surface area (Å²) in [5.74, 6) is 1.29. The maximum Gasteiger partial charge on any atom is 0.276 e. The zero-order valence-corrected chi connectivity index (χ0v) is 16.0. The smallest absolute Gasteiger partial charge is 0.276 e. The van der Waals surface area contributed by atoms with E-state index in [1.807, 2.05) is 11.8 Å². The molecule has 2 aromatic rings. The van der Waals surface area contributed by atoms with Gasteiger partial charge in [0.05, 0.1) is 15.6 Å². The van der Waals surface area contributed by atoms with E-state index >= 15 is 0 Å². The number of thiazole rings is 1. The molecule has 3 heterocycles. The molecular weight excluding hydrogens is 350 g/mol. The van der Waals surface area contributed by atoms with Crippen LogP contribution in [0.25, 0.3) is 0 Å². The molecule has 0 aromatic carbocycles. The molecule has 1 amide bonds. The SMILES string of the molecule is CC(=O)c1sc(C2CCN(C(=O)c3noc4c3CCCC4)CC2)nc1C. The fourth-order valence-corrected chi connectivity index (χ4v) is 5.08. The van der Waals surface area contributed by atoms with E-state index in [0.29, 0.717) is 24.7 Å².